The van der Waals surface area contributed by atoms with Crippen LogP contribution in [0.3, 0.4) is 0 Å². The highest BCUT2D eigenvalue weighted by atomic mass is 19.1. The molecule has 0 amide bonds. The summed E-state index contributed by atoms with van der Waals surface area (Å²) < 4.78 is 43.6. The van der Waals surface area contributed by atoms with E-state index in [1.165, 1.54) is 47.3 Å². The Morgan fingerprint density at radius 2 is 1.64 bits per heavy atom. The number of imidazole rings is 1. The van der Waals surface area contributed by atoms with Crippen molar-refractivity contribution in [3.63, 3.8) is 0 Å². The van der Waals surface area contributed by atoms with E-state index in [0.29, 0.717) is 23.4 Å². The molecule has 28 heavy (non-hydrogen) atoms. The fourth-order valence-corrected chi connectivity index (χ4v) is 3.14. The van der Waals surface area contributed by atoms with Crippen LogP contribution in [0, 0.1) is 17.5 Å². The summed E-state index contributed by atoms with van der Waals surface area (Å²) in [7, 11) is 0. The second-order valence-corrected chi connectivity index (χ2v) is 6.30. The average molecular weight is 384 g/mol. The first kappa shape index (κ1) is 18.0. The van der Waals surface area contributed by atoms with Crippen molar-refractivity contribution in [2.75, 3.05) is 0 Å². The summed E-state index contributed by atoms with van der Waals surface area (Å²) in [5, 5.41) is 0. The molecular weight excluding hydrogens is 369 g/mol. The maximum atomic E-state index is 13.6. The molecule has 0 aliphatic carbocycles. The summed E-state index contributed by atoms with van der Waals surface area (Å²) in [5.41, 5.74) is 0.828. The zero-order chi connectivity index (χ0) is 19.8. The van der Waals surface area contributed by atoms with Gasteiger partial charge in [0, 0.05) is 19.0 Å². The van der Waals surface area contributed by atoms with E-state index in [0.717, 1.165) is 6.07 Å². The highest BCUT2D eigenvalue weighted by Gasteiger charge is 2.17. The van der Waals surface area contributed by atoms with E-state index in [9.17, 15) is 18.0 Å². The third-order valence-electron chi connectivity index (χ3n) is 4.42. The number of rotatable bonds is 4. The van der Waals surface area contributed by atoms with Crippen LogP contribution in [-0.2, 0) is 13.0 Å². The first-order valence-electron chi connectivity index (χ1n) is 8.64. The van der Waals surface area contributed by atoms with Gasteiger partial charge in [-0.15, -0.1) is 0 Å². The Morgan fingerprint density at radius 3 is 2.29 bits per heavy atom. The van der Waals surface area contributed by atoms with Gasteiger partial charge in [0.05, 0.1) is 12.0 Å². The smallest absolute Gasteiger partial charge is 0.286 e. The zero-order valence-electron chi connectivity index (χ0n) is 14.9. The largest absolute Gasteiger partial charge is 0.315 e. The maximum Gasteiger partial charge on any atom is 0.286 e. The van der Waals surface area contributed by atoms with Crippen LogP contribution in [0.1, 0.15) is 18.3 Å². The van der Waals surface area contributed by atoms with E-state index in [1.807, 2.05) is 6.92 Å². The molecule has 8 heteroatoms. The molecule has 2 aromatic carbocycles. The third kappa shape index (κ3) is 3.17. The lowest BCUT2D eigenvalue weighted by Crippen LogP contribution is -2.24. The summed E-state index contributed by atoms with van der Waals surface area (Å²) in [6, 6.07) is 8.48. The van der Waals surface area contributed by atoms with Gasteiger partial charge in [0.15, 0.2) is 11.2 Å². The summed E-state index contributed by atoms with van der Waals surface area (Å²) in [4.78, 5) is 21.8. The predicted molar refractivity (Wildman–Crippen MR) is 97.9 cm³/mol. The van der Waals surface area contributed by atoms with Crippen LogP contribution in [0.25, 0.3) is 16.9 Å². The van der Waals surface area contributed by atoms with E-state index >= 15 is 0 Å². The molecule has 0 aliphatic rings. The van der Waals surface area contributed by atoms with Crippen LogP contribution in [0.2, 0.25) is 0 Å². The van der Waals surface area contributed by atoms with Crippen molar-refractivity contribution >= 4 is 11.2 Å². The molecule has 0 aliphatic heterocycles. The van der Waals surface area contributed by atoms with Crippen LogP contribution in [0.5, 0.6) is 0 Å². The van der Waals surface area contributed by atoms with Gasteiger partial charge >= 0.3 is 0 Å². The molecular formula is C20H15F3N4O. The van der Waals surface area contributed by atoms with Crippen molar-refractivity contribution in [2.24, 2.45) is 0 Å². The van der Waals surface area contributed by atoms with Crippen molar-refractivity contribution in [3.05, 3.63) is 88.0 Å². The van der Waals surface area contributed by atoms with E-state index in [2.05, 4.69) is 9.97 Å². The molecule has 0 bridgehead atoms. The SMILES string of the molecule is CCn1cnc2c(=O)n(-c3ccc(F)cc3)c(Cc3cc(F)cc(F)c3)nc21. The van der Waals surface area contributed by atoms with Gasteiger partial charge < -0.3 is 4.57 Å². The molecule has 0 atom stereocenters. The molecule has 0 saturated heterocycles. The minimum Gasteiger partial charge on any atom is -0.315 e. The molecule has 2 aromatic heterocycles. The summed E-state index contributed by atoms with van der Waals surface area (Å²) in [5.74, 6) is -1.62. The lowest BCUT2D eigenvalue weighted by Gasteiger charge is -2.13. The van der Waals surface area contributed by atoms with Crippen LogP contribution < -0.4 is 5.56 Å². The fraction of sp³-hybridized carbons (Fsp3) is 0.150. The van der Waals surface area contributed by atoms with E-state index in [-0.39, 0.29) is 17.8 Å². The number of hydrogen-bond acceptors (Lipinski definition) is 3. The van der Waals surface area contributed by atoms with Crippen molar-refractivity contribution in [2.45, 2.75) is 19.9 Å². The Bertz CT molecular complexity index is 1210. The lowest BCUT2D eigenvalue weighted by molar-refractivity contribution is 0.580. The van der Waals surface area contributed by atoms with Crippen molar-refractivity contribution in [3.8, 4) is 5.69 Å². The van der Waals surface area contributed by atoms with Gasteiger partial charge in [-0.25, -0.2) is 23.1 Å². The van der Waals surface area contributed by atoms with E-state index in [1.54, 1.807) is 4.57 Å². The molecule has 2 heterocycles. The summed E-state index contributed by atoms with van der Waals surface area (Å²) >= 11 is 0. The number of hydrogen-bond donors (Lipinski definition) is 0. The van der Waals surface area contributed by atoms with Crippen molar-refractivity contribution in [1.82, 2.24) is 19.1 Å². The number of fused-ring (bicyclic) bond motifs is 1. The van der Waals surface area contributed by atoms with Gasteiger partial charge in [0.1, 0.15) is 23.3 Å². The first-order chi connectivity index (χ1) is 13.5. The predicted octanol–water partition coefficient (Wildman–Crippen LogP) is 3.61. The second kappa shape index (κ2) is 6.95. The van der Waals surface area contributed by atoms with Gasteiger partial charge in [-0.05, 0) is 48.9 Å². The van der Waals surface area contributed by atoms with Crippen LogP contribution in [0.15, 0.2) is 53.6 Å². The normalized spacial score (nSPS) is 11.3. The molecule has 4 rings (SSSR count). The molecule has 0 radical (unpaired) electrons. The zero-order valence-corrected chi connectivity index (χ0v) is 14.9. The minimum absolute atomic E-state index is 0.00608. The van der Waals surface area contributed by atoms with Crippen LogP contribution >= 0.6 is 0 Å². The standard InChI is InChI=1S/C20H15F3N4O/c1-2-26-11-24-18-19(26)25-17(9-12-7-14(22)10-15(23)8-12)27(20(18)28)16-5-3-13(21)4-6-16/h3-8,10-11H,2,9H2,1H3. The van der Waals surface area contributed by atoms with Crippen LogP contribution in [-0.4, -0.2) is 19.1 Å². The van der Waals surface area contributed by atoms with Gasteiger partial charge in [0.2, 0.25) is 0 Å². The quantitative estimate of drug-likeness (QED) is 0.540. The van der Waals surface area contributed by atoms with Gasteiger partial charge in [0.25, 0.3) is 5.56 Å². The van der Waals surface area contributed by atoms with E-state index in [4.69, 9.17) is 0 Å². The number of aryl methyl sites for hydroxylation is 1. The highest BCUT2D eigenvalue weighted by molar-refractivity contribution is 5.70. The Morgan fingerprint density at radius 1 is 0.964 bits per heavy atom. The van der Waals surface area contributed by atoms with Crippen LogP contribution in [0.4, 0.5) is 13.2 Å². The lowest BCUT2D eigenvalue weighted by atomic mass is 10.1. The Labute approximate surface area is 157 Å². The summed E-state index contributed by atoms with van der Waals surface area (Å²) in [6.07, 6.45) is 1.52. The third-order valence-corrected chi connectivity index (χ3v) is 4.42. The summed E-state index contributed by atoms with van der Waals surface area (Å²) in [6.45, 7) is 2.44. The molecule has 0 fully saturated rings. The molecule has 142 valence electrons. The number of nitrogens with zero attached hydrogens (tertiary/aromatic N) is 4. The topological polar surface area (TPSA) is 52.7 Å². The fourth-order valence-electron chi connectivity index (χ4n) is 3.14. The van der Waals surface area contributed by atoms with Crippen molar-refractivity contribution < 1.29 is 13.2 Å². The second-order valence-electron chi connectivity index (χ2n) is 6.30. The maximum absolute atomic E-state index is 13.6. The van der Waals surface area contributed by atoms with Gasteiger partial charge in [-0.1, -0.05) is 0 Å². The molecule has 0 unspecified atom stereocenters. The monoisotopic (exact) mass is 384 g/mol. The number of aromatic nitrogens is 4. The average Bonchev–Trinajstić information content (AvgIpc) is 3.05. The minimum atomic E-state index is -0.717. The van der Waals surface area contributed by atoms with Gasteiger partial charge in [-0.2, -0.15) is 0 Å². The molecule has 5 nitrogen and oxygen atoms in total. The molecule has 0 saturated carbocycles. The Kier molecular flexibility index (Phi) is 4.46. The molecule has 0 N–H and O–H groups in total. The van der Waals surface area contributed by atoms with Gasteiger partial charge in [-0.3, -0.25) is 9.36 Å². The molecule has 4 aromatic rings. The highest BCUT2D eigenvalue weighted by Crippen LogP contribution is 2.17. The van der Waals surface area contributed by atoms with Crippen molar-refractivity contribution in [1.29, 1.82) is 0 Å². The molecule has 0 spiro atoms. The number of benzene rings is 2. The first-order valence-corrected chi connectivity index (χ1v) is 8.64. The van der Waals surface area contributed by atoms with E-state index < -0.39 is 23.0 Å². The number of halogens is 3. The Hall–Kier alpha value is -3.42. The Balaban J connectivity index is 1.97.